The van der Waals surface area contributed by atoms with Crippen LogP contribution in [0.1, 0.15) is 49.9 Å². The molecule has 1 N–H and O–H groups in total. The first-order valence-electron chi connectivity index (χ1n) is 12.3. The van der Waals surface area contributed by atoms with Gasteiger partial charge in [0.15, 0.2) is 0 Å². The molecule has 3 aromatic rings. The van der Waals surface area contributed by atoms with Gasteiger partial charge in [-0.05, 0) is 69.6 Å². The van der Waals surface area contributed by atoms with Crippen LogP contribution in [0, 0.1) is 12.8 Å². The Kier molecular flexibility index (Phi) is 6.57. The molecule has 2 aliphatic rings. The van der Waals surface area contributed by atoms with Gasteiger partial charge in [-0.25, -0.2) is 18.4 Å². The first-order chi connectivity index (χ1) is 16.4. The van der Waals surface area contributed by atoms with Crippen molar-refractivity contribution in [3.8, 4) is 0 Å². The molecule has 1 saturated heterocycles. The first-order valence-corrected chi connectivity index (χ1v) is 13.9. The van der Waals surface area contributed by atoms with Crippen LogP contribution in [0.2, 0.25) is 0 Å². The third-order valence-electron chi connectivity index (χ3n) is 7.55. The van der Waals surface area contributed by atoms with E-state index in [0.29, 0.717) is 19.0 Å². The summed E-state index contributed by atoms with van der Waals surface area (Å²) in [6.45, 7) is 2.61. The summed E-state index contributed by atoms with van der Waals surface area (Å²) in [5.74, 6) is 1.41. The highest BCUT2D eigenvalue weighted by atomic mass is 32.2. The lowest BCUT2D eigenvalue weighted by Gasteiger charge is -2.36. The normalized spacial score (nSPS) is 24.0. The maximum atomic E-state index is 13.4. The minimum Gasteiger partial charge on any atom is -0.356 e. The quantitative estimate of drug-likeness (QED) is 0.552. The lowest BCUT2D eigenvalue weighted by Crippen LogP contribution is -2.42. The molecule has 34 heavy (non-hydrogen) atoms. The van der Waals surface area contributed by atoms with Crippen molar-refractivity contribution in [2.75, 3.05) is 24.2 Å². The largest absolute Gasteiger partial charge is 0.356 e. The topological polar surface area (TPSA) is 95.1 Å². The lowest BCUT2D eigenvalue weighted by molar-refractivity contribution is 0.329. The van der Waals surface area contributed by atoms with Crippen LogP contribution < -0.4 is 4.90 Å². The monoisotopic (exact) mass is 482 g/mol. The van der Waals surface area contributed by atoms with Crippen LogP contribution in [0.15, 0.2) is 36.8 Å². The average Bonchev–Trinajstić information content (AvgIpc) is 3.49. The number of nitrogens with zero attached hydrogens (tertiary/aromatic N) is 5. The fourth-order valence-corrected chi connectivity index (χ4v) is 7.90. The molecule has 4 heterocycles. The van der Waals surface area contributed by atoms with Gasteiger partial charge in [0.2, 0.25) is 10.0 Å². The second-order valence-electron chi connectivity index (χ2n) is 9.88. The maximum Gasteiger partial charge on any atom is 0.214 e. The number of nitrogens with one attached hydrogen (secondary N) is 1. The number of hydrogen-bond acceptors (Lipinski definition) is 6. The van der Waals surface area contributed by atoms with Gasteiger partial charge in [0, 0.05) is 49.7 Å². The van der Waals surface area contributed by atoms with Crippen LogP contribution in [0.4, 0.5) is 5.82 Å². The summed E-state index contributed by atoms with van der Waals surface area (Å²) < 4.78 is 28.6. The zero-order chi connectivity index (χ0) is 23.7. The van der Waals surface area contributed by atoms with Crippen LogP contribution in [-0.4, -0.2) is 64.1 Å². The highest BCUT2D eigenvalue weighted by Crippen LogP contribution is 2.33. The van der Waals surface area contributed by atoms with Crippen molar-refractivity contribution in [3.63, 3.8) is 0 Å². The summed E-state index contributed by atoms with van der Waals surface area (Å²) >= 11 is 0. The molecule has 0 unspecified atom stereocenters. The van der Waals surface area contributed by atoms with Gasteiger partial charge in [0.25, 0.3) is 0 Å². The van der Waals surface area contributed by atoms with Crippen molar-refractivity contribution in [1.82, 2.24) is 24.2 Å². The van der Waals surface area contributed by atoms with E-state index in [2.05, 4.69) is 31.9 Å². The molecule has 0 amide bonds. The molecular weight excluding hydrogens is 448 g/mol. The number of pyridine rings is 1. The van der Waals surface area contributed by atoms with Gasteiger partial charge >= 0.3 is 0 Å². The molecule has 1 saturated carbocycles. The summed E-state index contributed by atoms with van der Waals surface area (Å²) in [6.07, 6.45) is 9.83. The van der Waals surface area contributed by atoms with Crippen LogP contribution in [-0.2, 0) is 16.4 Å². The van der Waals surface area contributed by atoms with Gasteiger partial charge in [0.1, 0.15) is 17.8 Å². The second-order valence-corrected chi connectivity index (χ2v) is 11.8. The van der Waals surface area contributed by atoms with E-state index < -0.39 is 10.0 Å². The van der Waals surface area contributed by atoms with Crippen molar-refractivity contribution in [3.05, 3.63) is 48.2 Å². The third-order valence-corrected chi connectivity index (χ3v) is 9.64. The smallest absolute Gasteiger partial charge is 0.214 e. The number of aromatic amines is 1. The molecule has 0 radical (unpaired) electrons. The number of rotatable bonds is 7. The maximum absolute atomic E-state index is 13.4. The second kappa shape index (κ2) is 9.62. The van der Waals surface area contributed by atoms with Gasteiger partial charge in [-0.1, -0.05) is 6.07 Å². The highest BCUT2D eigenvalue weighted by molar-refractivity contribution is 7.89. The van der Waals surface area contributed by atoms with Crippen molar-refractivity contribution >= 4 is 26.9 Å². The van der Waals surface area contributed by atoms with E-state index in [1.807, 2.05) is 37.4 Å². The van der Waals surface area contributed by atoms with E-state index >= 15 is 0 Å². The molecule has 1 aliphatic carbocycles. The Labute approximate surface area is 201 Å². The summed E-state index contributed by atoms with van der Waals surface area (Å²) in [4.78, 5) is 18.8. The fourth-order valence-electron chi connectivity index (χ4n) is 5.74. The highest BCUT2D eigenvalue weighted by Gasteiger charge is 2.37. The van der Waals surface area contributed by atoms with E-state index in [-0.39, 0.29) is 17.7 Å². The predicted molar refractivity (Wildman–Crippen MR) is 134 cm³/mol. The molecular formula is C25H34N6O2S. The molecule has 0 aromatic carbocycles. The van der Waals surface area contributed by atoms with Gasteiger partial charge in [-0.15, -0.1) is 0 Å². The van der Waals surface area contributed by atoms with E-state index in [9.17, 15) is 8.42 Å². The number of sulfonamides is 1. The summed E-state index contributed by atoms with van der Waals surface area (Å²) in [7, 11) is -1.20. The Morgan fingerprint density at radius 3 is 2.74 bits per heavy atom. The van der Waals surface area contributed by atoms with Gasteiger partial charge in [-0.2, -0.15) is 4.31 Å². The Balaban J connectivity index is 1.19. The fraction of sp³-hybridized carbons (Fsp3) is 0.560. The van der Waals surface area contributed by atoms with Gasteiger partial charge < -0.3 is 9.88 Å². The first kappa shape index (κ1) is 23.2. The molecule has 182 valence electrons. The molecule has 0 spiro atoms. The predicted octanol–water partition coefficient (Wildman–Crippen LogP) is 3.69. The lowest BCUT2D eigenvalue weighted by atomic mass is 9.86. The Morgan fingerprint density at radius 2 is 1.94 bits per heavy atom. The molecule has 0 bridgehead atoms. The van der Waals surface area contributed by atoms with E-state index in [1.54, 1.807) is 10.6 Å². The average molecular weight is 483 g/mol. The van der Waals surface area contributed by atoms with E-state index in [0.717, 1.165) is 66.8 Å². The van der Waals surface area contributed by atoms with Crippen LogP contribution in [0.5, 0.6) is 0 Å². The van der Waals surface area contributed by atoms with Crippen LogP contribution >= 0.6 is 0 Å². The minimum absolute atomic E-state index is 0.0308. The molecule has 3 aromatic heterocycles. The number of hydrogen-bond donors (Lipinski definition) is 1. The standard InChI is InChI=1S/C25H34N6O2S/c1-18-5-3-6-20(29-18)15-22-7-4-14-31(22)34(32,33)16-19-8-10-21(11-9-19)30(2)25-23-12-13-26-24(23)27-17-28-25/h3,5-6,12-13,17,19,21-22H,4,7-11,14-16H2,1-2H3,(H,26,27,28)/t19?,21?,22-/m1/s1. The molecule has 5 rings (SSSR count). The minimum atomic E-state index is -3.28. The zero-order valence-electron chi connectivity index (χ0n) is 20.0. The van der Waals surface area contributed by atoms with Crippen molar-refractivity contribution in [2.24, 2.45) is 5.92 Å². The van der Waals surface area contributed by atoms with E-state index in [4.69, 9.17) is 0 Å². The number of anilines is 1. The summed E-state index contributed by atoms with van der Waals surface area (Å²) in [5.41, 5.74) is 2.81. The Morgan fingerprint density at radius 1 is 1.12 bits per heavy atom. The van der Waals surface area contributed by atoms with Crippen molar-refractivity contribution in [1.29, 1.82) is 0 Å². The third kappa shape index (κ3) is 4.81. The van der Waals surface area contributed by atoms with Gasteiger partial charge in [-0.3, -0.25) is 4.98 Å². The van der Waals surface area contributed by atoms with E-state index in [1.165, 1.54) is 0 Å². The number of H-pyrrole nitrogens is 1. The Bertz CT molecular complexity index is 1230. The molecule has 1 aliphatic heterocycles. The number of aryl methyl sites for hydroxylation is 1. The molecule has 9 heteroatoms. The zero-order valence-corrected chi connectivity index (χ0v) is 20.8. The van der Waals surface area contributed by atoms with Gasteiger partial charge in [0.05, 0.1) is 11.1 Å². The van der Waals surface area contributed by atoms with Crippen LogP contribution in [0.3, 0.4) is 0 Å². The summed E-state index contributed by atoms with van der Waals surface area (Å²) in [5, 5.41) is 1.03. The SMILES string of the molecule is Cc1cccc(C[C@H]2CCCN2S(=O)(=O)CC2CCC(N(C)c3ncnc4[nH]ccc34)CC2)n1. The van der Waals surface area contributed by atoms with Crippen molar-refractivity contribution < 1.29 is 8.42 Å². The van der Waals surface area contributed by atoms with Crippen LogP contribution in [0.25, 0.3) is 11.0 Å². The molecule has 2 fully saturated rings. The number of fused-ring (bicyclic) bond motifs is 1. The summed E-state index contributed by atoms with van der Waals surface area (Å²) in [6, 6.07) is 8.39. The molecule has 8 nitrogen and oxygen atoms in total. The Hall–Kier alpha value is -2.52. The van der Waals surface area contributed by atoms with Crippen molar-refractivity contribution in [2.45, 2.75) is 64.0 Å². The number of aromatic nitrogens is 4. The molecule has 1 atom stereocenters.